The first-order valence-electron chi connectivity index (χ1n) is 7.35. The fourth-order valence-corrected chi connectivity index (χ4v) is 3.09. The van der Waals surface area contributed by atoms with E-state index in [0.29, 0.717) is 19.1 Å². The Balaban J connectivity index is 1.65. The number of carboxylic acids is 1. The fourth-order valence-electron chi connectivity index (χ4n) is 3.09. The van der Waals surface area contributed by atoms with Crippen LogP contribution in [-0.2, 0) is 4.79 Å². The zero-order chi connectivity index (χ0) is 13.8. The predicted octanol–water partition coefficient (Wildman–Crippen LogP) is 2.07. The van der Waals surface area contributed by atoms with Gasteiger partial charge in [0.2, 0.25) is 0 Å². The Labute approximate surface area is 114 Å². The van der Waals surface area contributed by atoms with Crippen molar-refractivity contribution >= 4 is 12.0 Å². The van der Waals surface area contributed by atoms with E-state index in [1.807, 2.05) is 0 Å². The van der Waals surface area contributed by atoms with E-state index in [0.717, 1.165) is 18.8 Å². The Morgan fingerprint density at radius 2 is 1.79 bits per heavy atom. The number of carbonyl (C=O) groups is 2. The third-order valence-corrected chi connectivity index (χ3v) is 4.46. The van der Waals surface area contributed by atoms with Gasteiger partial charge in [-0.2, -0.15) is 0 Å². The van der Waals surface area contributed by atoms with Gasteiger partial charge in [0.05, 0.1) is 6.42 Å². The van der Waals surface area contributed by atoms with Crippen LogP contribution in [0.1, 0.15) is 45.4 Å². The highest BCUT2D eigenvalue weighted by atomic mass is 16.4. The molecule has 2 rings (SSSR count). The summed E-state index contributed by atoms with van der Waals surface area (Å²) >= 11 is 0. The quantitative estimate of drug-likeness (QED) is 0.820. The van der Waals surface area contributed by atoms with Gasteiger partial charge in [-0.05, 0) is 31.6 Å². The van der Waals surface area contributed by atoms with Gasteiger partial charge in [0.25, 0.3) is 0 Å². The van der Waals surface area contributed by atoms with Crippen molar-refractivity contribution in [2.45, 2.75) is 51.5 Å². The van der Waals surface area contributed by atoms with E-state index < -0.39 is 5.97 Å². The molecule has 1 saturated heterocycles. The molecule has 0 aromatic heterocycles. The highest BCUT2D eigenvalue weighted by molar-refractivity contribution is 5.76. The van der Waals surface area contributed by atoms with Crippen molar-refractivity contribution in [3.05, 3.63) is 0 Å². The van der Waals surface area contributed by atoms with Crippen molar-refractivity contribution in [2.75, 3.05) is 13.1 Å². The molecule has 2 N–H and O–H groups in total. The molecule has 1 heterocycles. The summed E-state index contributed by atoms with van der Waals surface area (Å²) in [5.74, 6) is 0.194. The molecule has 1 aliphatic carbocycles. The highest BCUT2D eigenvalue weighted by Gasteiger charge is 2.33. The summed E-state index contributed by atoms with van der Waals surface area (Å²) in [5, 5.41) is 11.7. The van der Waals surface area contributed by atoms with Crippen molar-refractivity contribution in [1.82, 2.24) is 10.2 Å². The molecule has 0 aromatic carbocycles. The third kappa shape index (κ3) is 3.85. The van der Waals surface area contributed by atoms with Crippen LogP contribution >= 0.6 is 0 Å². The Morgan fingerprint density at radius 3 is 2.32 bits per heavy atom. The van der Waals surface area contributed by atoms with E-state index in [9.17, 15) is 9.59 Å². The molecule has 1 saturated carbocycles. The Bertz CT molecular complexity index is 332. The number of nitrogens with zero attached hydrogens (tertiary/aromatic N) is 1. The number of nitrogens with one attached hydrogen (secondary N) is 1. The van der Waals surface area contributed by atoms with Crippen LogP contribution in [0.2, 0.25) is 0 Å². The van der Waals surface area contributed by atoms with E-state index in [4.69, 9.17) is 5.11 Å². The lowest BCUT2D eigenvalue weighted by molar-refractivity contribution is -0.139. The van der Waals surface area contributed by atoms with Gasteiger partial charge in [-0.3, -0.25) is 4.79 Å². The van der Waals surface area contributed by atoms with Crippen LogP contribution in [-0.4, -0.2) is 41.1 Å². The summed E-state index contributed by atoms with van der Waals surface area (Å²) in [6.45, 7) is 3.40. The number of carboxylic acid groups (broad SMARTS) is 1. The molecule has 0 bridgehead atoms. The normalized spacial score (nSPS) is 27.7. The van der Waals surface area contributed by atoms with E-state index in [2.05, 4.69) is 12.2 Å². The van der Waals surface area contributed by atoms with Gasteiger partial charge in [-0.25, -0.2) is 4.79 Å². The van der Waals surface area contributed by atoms with Gasteiger partial charge >= 0.3 is 12.0 Å². The van der Waals surface area contributed by atoms with E-state index in [1.54, 1.807) is 4.90 Å². The minimum Gasteiger partial charge on any atom is -0.481 e. The molecule has 0 atom stereocenters. The molecule has 5 nitrogen and oxygen atoms in total. The number of urea groups is 1. The molecule has 2 amide bonds. The van der Waals surface area contributed by atoms with E-state index in [-0.39, 0.29) is 18.4 Å². The zero-order valence-electron chi connectivity index (χ0n) is 11.6. The Hall–Kier alpha value is -1.26. The lowest BCUT2D eigenvalue weighted by Gasteiger charge is -2.40. The topological polar surface area (TPSA) is 69.6 Å². The monoisotopic (exact) mass is 268 g/mol. The van der Waals surface area contributed by atoms with Crippen LogP contribution in [0.4, 0.5) is 4.79 Å². The first kappa shape index (κ1) is 14.2. The average molecular weight is 268 g/mol. The SMILES string of the molecule is CCC1CCC(NC(=O)N2CC(CC(=O)O)C2)CC1. The number of aliphatic carboxylic acids is 1. The smallest absolute Gasteiger partial charge is 0.317 e. The molecule has 0 spiro atoms. The summed E-state index contributed by atoms with van der Waals surface area (Å²) in [4.78, 5) is 24.2. The van der Waals surface area contributed by atoms with Crippen LogP contribution in [0.3, 0.4) is 0 Å². The lowest BCUT2D eigenvalue weighted by Crippen LogP contribution is -2.56. The number of amides is 2. The standard InChI is InChI=1S/C14H24N2O3/c1-2-10-3-5-12(6-4-10)15-14(19)16-8-11(9-16)7-13(17)18/h10-12H,2-9H2,1H3,(H,15,19)(H,17,18). The molecule has 5 heteroatoms. The number of rotatable bonds is 4. The first-order valence-corrected chi connectivity index (χ1v) is 7.35. The molecule has 19 heavy (non-hydrogen) atoms. The van der Waals surface area contributed by atoms with Crippen LogP contribution in [0.15, 0.2) is 0 Å². The van der Waals surface area contributed by atoms with Crippen LogP contribution < -0.4 is 5.32 Å². The van der Waals surface area contributed by atoms with Crippen LogP contribution in [0.25, 0.3) is 0 Å². The number of hydrogen-bond acceptors (Lipinski definition) is 2. The average Bonchev–Trinajstić information content (AvgIpc) is 2.33. The molecule has 2 fully saturated rings. The maximum absolute atomic E-state index is 11.9. The van der Waals surface area contributed by atoms with E-state index >= 15 is 0 Å². The highest BCUT2D eigenvalue weighted by Crippen LogP contribution is 2.27. The summed E-state index contributed by atoms with van der Waals surface area (Å²) < 4.78 is 0. The zero-order valence-corrected chi connectivity index (χ0v) is 11.6. The maximum atomic E-state index is 11.9. The van der Waals surface area contributed by atoms with Crippen molar-refractivity contribution in [2.24, 2.45) is 11.8 Å². The Morgan fingerprint density at radius 1 is 1.16 bits per heavy atom. The van der Waals surface area contributed by atoms with Crippen molar-refractivity contribution < 1.29 is 14.7 Å². The summed E-state index contributed by atoms with van der Waals surface area (Å²) in [6.07, 6.45) is 5.99. The first-order chi connectivity index (χ1) is 9.08. The number of carbonyl (C=O) groups excluding carboxylic acids is 1. The summed E-state index contributed by atoms with van der Waals surface area (Å²) in [7, 11) is 0. The van der Waals surface area contributed by atoms with Gasteiger partial charge in [-0.15, -0.1) is 0 Å². The van der Waals surface area contributed by atoms with Crippen molar-refractivity contribution in [3.8, 4) is 0 Å². The van der Waals surface area contributed by atoms with Crippen LogP contribution in [0, 0.1) is 11.8 Å². The number of likely N-dealkylation sites (tertiary alicyclic amines) is 1. The number of hydrogen-bond donors (Lipinski definition) is 2. The predicted molar refractivity (Wildman–Crippen MR) is 71.9 cm³/mol. The largest absolute Gasteiger partial charge is 0.481 e. The van der Waals surface area contributed by atoms with Gasteiger partial charge in [0, 0.05) is 25.0 Å². The molecular weight excluding hydrogens is 244 g/mol. The van der Waals surface area contributed by atoms with Gasteiger partial charge in [-0.1, -0.05) is 13.3 Å². The maximum Gasteiger partial charge on any atom is 0.317 e. The van der Waals surface area contributed by atoms with Crippen molar-refractivity contribution in [1.29, 1.82) is 0 Å². The molecule has 0 aromatic rings. The second-order valence-corrected chi connectivity index (χ2v) is 5.94. The van der Waals surface area contributed by atoms with Gasteiger partial charge in [0.15, 0.2) is 0 Å². The summed E-state index contributed by atoms with van der Waals surface area (Å²) in [6, 6.07) is 0.301. The minimum absolute atomic E-state index is 0.0124. The third-order valence-electron chi connectivity index (χ3n) is 4.46. The second kappa shape index (κ2) is 6.26. The van der Waals surface area contributed by atoms with Gasteiger partial charge in [0.1, 0.15) is 0 Å². The van der Waals surface area contributed by atoms with Crippen molar-refractivity contribution in [3.63, 3.8) is 0 Å². The summed E-state index contributed by atoms with van der Waals surface area (Å²) in [5.41, 5.74) is 0. The fraction of sp³-hybridized carbons (Fsp3) is 0.857. The molecular formula is C14H24N2O3. The molecule has 108 valence electrons. The van der Waals surface area contributed by atoms with Crippen LogP contribution in [0.5, 0.6) is 0 Å². The molecule has 0 unspecified atom stereocenters. The molecule has 2 aliphatic rings. The Kier molecular flexibility index (Phi) is 4.66. The van der Waals surface area contributed by atoms with E-state index in [1.165, 1.54) is 19.3 Å². The molecule has 1 aliphatic heterocycles. The van der Waals surface area contributed by atoms with Gasteiger partial charge < -0.3 is 15.3 Å². The lowest BCUT2D eigenvalue weighted by atomic mass is 9.84. The second-order valence-electron chi connectivity index (χ2n) is 5.94. The molecule has 0 radical (unpaired) electrons. The minimum atomic E-state index is -0.775.